The minimum Gasteiger partial charge on any atom is -0.377 e. The van der Waals surface area contributed by atoms with Gasteiger partial charge in [0.25, 0.3) is 0 Å². The molecule has 0 bridgehead atoms. The minimum absolute atomic E-state index is 0.0151. The second-order valence-corrected chi connectivity index (χ2v) is 3.53. The molecule has 0 aromatic rings. The van der Waals surface area contributed by atoms with Crippen LogP contribution in [0.5, 0.6) is 0 Å². The maximum absolute atomic E-state index is 11.3. The lowest BCUT2D eigenvalue weighted by Gasteiger charge is -2.20. The SMILES string of the molecule is CCOC(C)CN1CC(N)CC1=O. The predicted octanol–water partition coefficient (Wildman–Crippen LogP) is -0.0290. The summed E-state index contributed by atoms with van der Waals surface area (Å²) in [4.78, 5) is 13.1. The number of hydrogen-bond donors (Lipinski definition) is 1. The normalized spacial score (nSPS) is 25.3. The third kappa shape index (κ3) is 2.97. The van der Waals surface area contributed by atoms with Crippen molar-refractivity contribution < 1.29 is 9.53 Å². The first-order valence-corrected chi connectivity index (χ1v) is 4.78. The zero-order valence-electron chi connectivity index (χ0n) is 8.32. The van der Waals surface area contributed by atoms with Gasteiger partial charge in [-0.05, 0) is 13.8 Å². The maximum Gasteiger partial charge on any atom is 0.224 e. The van der Waals surface area contributed by atoms with E-state index in [2.05, 4.69) is 0 Å². The van der Waals surface area contributed by atoms with E-state index in [0.717, 1.165) is 0 Å². The van der Waals surface area contributed by atoms with Gasteiger partial charge in [0.15, 0.2) is 0 Å². The fourth-order valence-electron chi connectivity index (χ4n) is 1.63. The Hall–Kier alpha value is -0.610. The molecule has 2 unspecified atom stereocenters. The van der Waals surface area contributed by atoms with Crippen molar-refractivity contribution in [1.29, 1.82) is 0 Å². The number of amides is 1. The van der Waals surface area contributed by atoms with Crippen LogP contribution in [0.4, 0.5) is 0 Å². The third-order valence-electron chi connectivity index (χ3n) is 2.17. The van der Waals surface area contributed by atoms with Crippen molar-refractivity contribution in [3.05, 3.63) is 0 Å². The highest BCUT2D eigenvalue weighted by Gasteiger charge is 2.27. The average molecular weight is 186 g/mol. The fourth-order valence-corrected chi connectivity index (χ4v) is 1.63. The van der Waals surface area contributed by atoms with Crippen molar-refractivity contribution in [3.63, 3.8) is 0 Å². The number of carbonyl (C=O) groups is 1. The van der Waals surface area contributed by atoms with Gasteiger partial charge in [-0.25, -0.2) is 0 Å². The molecule has 1 rings (SSSR count). The van der Waals surface area contributed by atoms with Gasteiger partial charge < -0.3 is 15.4 Å². The maximum atomic E-state index is 11.3. The van der Waals surface area contributed by atoms with E-state index < -0.39 is 0 Å². The summed E-state index contributed by atoms with van der Waals surface area (Å²) in [6, 6.07) is 0.0151. The van der Waals surface area contributed by atoms with Gasteiger partial charge in [-0.2, -0.15) is 0 Å². The van der Waals surface area contributed by atoms with Gasteiger partial charge >= 0.3 is 0 Å². The van der Waals surface area contributed by atoms with E-state index in [-0.39, 0.29) is 18.1 Å². The van der Waals surface area contributed by atoms with Gasteiger partial charge in [0.2, 0.25) is 5.91 Å². The van der Waals surface area contributed by atoms with Crippen LogP contribution in [0.2, 0.25) is 0 Å². The summed E-state index contributed by atoms with van der Waals surface area (Å²) in [5.74, 6) is 0.152. The third-order valence-corrected chi connectivity index (χ3v) is 2.17. The molecule has 2 atom stereocenters. The second-order valence-electron chi connectivity index (χ2n) is 3.53. The number of hydrogen-bond acceptors (Lipinski definition) is 3. The van der Waals surface area contributed by atoms with Crippen molar-refractivity contribution >= 4 is 5.91 Å². The van der Waals surface area contributed by atoms with Crippen LogP contribution in [-0.2, 0) is 9.53 Å². The highest BCUT2D eigenvalue weighted by molar-refractivity contribution is 5.79. The molecule has 1 amide bonds. The first-order valence-electron chi connectivity index (χ1n) is 4.78. The summed E-state index contributed by atoms with van der Waals surface area (Å²) in [6.45, 7) is 5.96. The average Bonchev–Trinajstić information content (AvgIpc) is 2.30. The molecule has 1 heterocycles. The molecule has 4 heteroatoms. The Balaban J connectivity index is 2.32. The molecule has 1 aliphatic heterocycles. The first-order chi connectivity index (χ1) is 6.13. The number of ether oxygens (including phenoxy) is 1. The molecule has 0 spiro atoms. The Morgan fingerprint density at radius 2 is 2.46 bits per heavy atom. The number of carbonyl (C=O) groups excluding carboxylic acids is 1. The molecule has 0 aromatic carbocycles. The van der Waals surface area contributed by atoms with Gasteiger partial charge in [0, 0.05) is 32.2 Å². The van der Waals surface area contributed by atoms with Crippen LogP contribution in [0.1, 0.15) is 20.3 Å². The fraction of sp³-hybridized carbons (Fsp3) is 0.889. The topological polar surface area (TPSA) is 55.6 Å². The number of likely N-dealkylation sites (tertiary alicyclic amines) is 1. The summed E-state index contributed by atoms with van der Waals surface area (Å²) in [6.07, 6.45) is 0.595. The molecular weight excluding hydrogens is 168 g/mol. The van der Waals surface area contributed by atoms with Gasteiger partial charge in [-0.3, -0.25) is 4.79 Å². The van der Waals surface area contributed by atoms with Crippen molar-refractivity contribution in [1.82, 2.24) is 4.90 Å². The molecule has 1 aliphatic rings. The molecule has 0 saturated carbocycles. The molecule has 2 N–H and O–H groups in total. The zero-order chi connectivity index (χ0) is 9.84. The van der Waals surface area contributed by atoms with E-state index in [4.69, 9.17) is 10.5 Å². The number of rotatable bonds is 4. The van der Waals surface area contributed by atoms with Crippen LogP contribution in [0, 0.1) is 0 Å². The molecule has 4 nitrogen and oxygen atoms in total. The largest absolute Gasteiger partial charge is 0.377 e. The standard InChI is InChI=1S/C9H18N2O2/c1-3-13-7(2)5-11-6-8(10)4-9(11)12/h7-8H,3-6,10H2,1-2H3. The summed E-state index contributed by atoms with van der Waals surface area (Å²) in [5.41, 5.74) is 5.66. The number of nitrogens with zero attached hydrogens (tertiary/aromatic N) is 1. The Morgan fingerprint density at radius 3 is 2.92 bits per heavy atom. The molecule has 0 aromatic heterocycles. The van der Waals surface area contributed by atoms with Gasteiger partial charge in [-0.1, -0.05) is 0 Å². The van der Waals surface area contributed by atoms with Gasteiger partial charge in [-0.15, -0.1) is 0 Å². The van der Waals surface area contributed by atoms with Crippen LogP contribution in [0.25, 0.3) is 0 Å². The lowest BCUT2D eigenvalue weighted by Crippen LogP contribution is -2.35. The molecule has 0 aliphatic carbocycles. The predicted molar refractivity (Wildman–Crippen MR) is 50.3 cm³/mol. The summed E-state index contributed by atoms with van der Waals surface area (Å²) < 4.78 is 5.35. The Bertz CT molecular complexity index is 184. The van der Waals surface area contributed by atoms with Crippen LogP contribution in [0.3, 0.4) is 0 Å². The van der Waals surface area contributed by atoms with E-state index in [9.17, 15) is 4.79 Å². The van der Waals surface area contributed by atoms with Crippen LogP contribution in [-0.4, -0.2) is 42.6 Å². The monoisotopic (exact) mass is 186 g/mol. The minimum atomic E-state index is 0.0151. The van der Waals surface area contributed by atoms with E-state index in [1.807, 2.05) is 13.8 Å². The Morgan fingerprint density at radius 1 is 1.77 bits per heavy atom. The van der Waals surface area contributed by atoms with Crippen molar-refractivity contribution in [2.24, 2.45) is 5.73 Å². The van der Waals surface area contributed by atoms with Crippen LogP contribution < -0.4 is 5.73 Å². The zero-order valence-corrected chi connectivity index (χ0v) is 8.32. The van der Waals surface area contributed by atoms with Gasteiger partial charge in [0.1, 0.15) is 0 Å². The second kappa shape index (κ2) is 4.58. The smallest absolute Gasteiger partial charge is 0.224 e. The van der Waals surface area contributed by atoms with Crippen molar-refractivity contribution in [3.8, 4) is 0 Å². The molecule has 76 valence electrons. The lowest BCUT2D eigenvalue weighted by molar-refractivity contribution is -0.129. The Kier molecular flexibility index (Phi) is 3.69. The van der Waals surface area contributed by atoms with Crippen molar-refractivity contribution in [2.45, 2.75) is 32.4 Å². The highest BCUT2D eigenvalue weighted by Crippen LogP contribution is 2.10. The van der Waals surface area contributed by atoms with E-state index in [0.29, 0.717) is 26.1 Å². The highest BCUT2D eigenvalue weighted by atomic mass is 16.5. The van der Waals surface area contributed by atoms with Crippen LogP contribution >= 0.6 is 0 Å². The number of nitrogens with two attached hydrogens (primary N) is 1. The summed E-state index contributed by atoms with van der Waals surface area (Å²) in [7, 11) is 0. The summed E-state index contributed by atoms with van der Waals surface area (Å²) in [5, 5.41) is 0. The molecule has 0 radical (unpaired) electrons. The molecule has 1 fully saturated rings. The lowest BCUT2D eigenvalue weighted by atomic mass is 10.3. The van der Waals surface area contributed by atoms with E-state index in [1.54, 1.807) is 4.90 Å². The van der Waals surface area contributed by atoms with Gasteiger partial charge in [0.05, 0.1) is 6.10 Å². The first kappa shape index (κ1) is 10.5. The molecule has 1 saturated heterocycles. The Labute approximate surface area is 79.0 Å². The van der Waals surface area contributed by atoms with Crippen molar-refractivity contribution in [2.75, 3.05) is 19.7 Å². The van der Waals surface area contributed by atoms with E-state index in [1.165, 1.54) is 0 Å². The quantitative estimate of drug-likeness (QED) is 0.671. The molecular formula is C9H18N2O2. The van der Waals surface area contributed by atoms with E-state index >= 15 is 0 Å². The van der Waals surface area contributed by atoms with Crippen LogP contribution in [0.15, 0.2) is 0 Å². The summed E-state index contributed by atoms with van der Waals surface area (Å²) >= 11 is 0. The molecule has 13 heavy (non-hydrogen) atoms.